The van der Waals surface area contributed by atoms with Crippen molar-refractivity contribution in [3.8, 4) is 17.2 Å². The molecule has 168 valence electrons. The van der Waals surface area contributed by atoms with Gasteiger partial charge in [0.05, 0.1) is 18.7 Å². The number of methoxy groups -OCH3 is 1. The second-order valence-corrected chi connectivity index (χ2v) is 8.28. The van der Waals surface area contributed by atoms with E-state index in [1.165, 1.54) is 7.11 Å². The molecule has 0 amide bonds. The normalized spacial score (nSPS) is 12.0. The molecule has 0 fully saturated rings. The first-order valence-electron chi connectivity index (χ1n) is 9.24. The first-order valence-corrected chi connectivity index (χ1v) is 11.2. The Labute approximate surface area is 189 Å². The molecule has 0 saturated carbocycles. The van der Waals surface area contributed by atoms with Crippen LogP contribution in [0.2, 0.25) is 5.02 Å². The number of nitrogens with one attached hydrogen (secondary N) is 1. The smallest absolute Gasteiger partial charge is 0.243 e. The highest BCUT2D eigenvalue weighted by molar-refractivity contribution is 7.89. The predicted octanol–water partition coefficient (Wildman–Crippen LogP) is 3.42. The highest BCUT2D eigenvalue weighted by Gasteiger charge is 2.22. The van der Waals surface area contributed by atoms with E-state index >= 15 is 0 Å². The number of ether oxygens (including phenoxy) is 3. The number of hydrogen-bond acceptors (Lipinski definition) is 6. The van der Waals surface area contributed by atoms with E-state index in [1.54, 1.807) is 12.1 Å². The molecule has 0 unspecified atom stereocenters. The number of rotatable bonds is 11. The fourth-order valence-electron chi connectivity index (χ4n) is 2.88. The number of sulfonamides is 1. The Morgan fingerprint density at radius 3 is 2.30 bits per heavy atom. The summed E-state index contributed by atoms with van der Waals surface area (Å²) in [6.45, 7) is 5.51. The Balaban J connectivity index is 0.00000450. The molecule has 0 radical (unpaired) electrons. The van der Waals surface area contributed by atoms with Gasteiger partial charge < -0.3 is 19.5 Å². The van der Waals surface area contributed by atoms with E-state index in [2.05, 4.69) is 5.32 Å². The van der Waals surface area contributed by atoms with Crippen molar-refractivity contribution < 1.29 is 22.6 Å². The van der Waals surface area contributed by atoms with Crippen molar-refractivity contribution in [3.05, 3.63) is 47.0 Å². The summed E-state index contributed by atoms with van der Waals surface area (Å²) in [4.78, 5) is -0.192. The number of halogens is 2. The molecule has 2 aromatic rings. The van der Waals surface area contributed by atoms with Crippen LogP contribution in [0.3, 0.4) is 0 Å². The van der Waals surface area contributed by atoms with Gasteiger partial charge in [0.15, 0.2) is 11.5 Å². The Morgan fingerprint density at radius 2 is 1.73 bits per heavy atom. The number of para-hydroxylation sites is 2. The second kappa shape index (κ2) is 12.2. The third-order valence-corrected chi connectivity index (χ3v) is 5.69. The molecule has 10 heteroatoms. The van der Waals surface area contributed by atoms with Crippen molar-refractivity contribution in [2.24, 2.45) is 5.14 Å². The van der Waals surface area contributed by atoms with Crippen molar-refractivity contribution in [1.82, 2.24) is 5.32 Å². The lowest BCUT2D eigenvalue weighted by Gasteiger charge is -2.18. The van der Waals surface area contributed by atoms with Crippen LogP contribution in [0.25, 0.3) is 0 Å². The molecule has 0 aliphatic carbocycles. The van der Waals surface area contributed by atoms with Crippen LogP contribution in [0.5, 0.6) is 17.2 Å². The van der Waals surface area contributed by atoms with Gasteiger partial charge in [-0.05, 0) is 44.0 Å². The van der Waals surface area contributed by atoms with Crippen LogP contribution in [0.4, 0.5) is 0 Å². The molecule has 2 aromatic carbocycles. The summed E-state index contributed by atoms with van der Waals surface area (Å²) in [6, 6.07) is 10.8. The van der Waals surface area contributed by atoms with Crippen molar-refractivity contribution in [2.45, 2.75) is 31.2 Å². The third kappa shape index (κ3) is 7.21. The molecule has 0 heterocycles. The van der Waals surface area contributed by atoms with Gasteiger partial charge in [-0.2, -0.15) is 0 Å². The monoisotopic (exact) mass is 478 g/mol. The van der Waals surface area contributed by atoms with Gasteiger partial charge in [0, 0.05) is 12.6 Å². The van der Waals surface area contributed by atoms with Gasteiger partial charge in [0.1, 0.15) is 17.3 Å². The topological polar surface area (TPSA) is 99.9 Å². The fraction of sp³-hybridized carbons (Fsp3) is 0.400. The van der Waals surface area contributed by atoms with Crippen LogP contribution in [0.1, 0.15) is 19.4 Å². The third-order valence-electron chi connectivity index (χ3n) is 4.17. The molecule has 0 aliphatic heterocycles. The van der Waals surface area contributed by atoms with Gasteiger partial charge in [-0.25, -0.2) is 13.6 Å². The maximum Gasteiger partial charge on any atom is 0.243 e. The van der Waals surface area contributed by atoms with Gasteiger partial charge in [0.2, 0.25) is 10.0 Å². The van der Waals surface area contributed by atoms with Crippen LogP contribution in [0.15, 0.2) is 41.3 Å². The van der Waals surface area contributed by atoms with Crippen molar-refractivity contribution in [1.29, 1.82) is 0 Å². The molecular weight excluding hydrogens is 451 g/mol. The molecule has 7 nitrogen and oxygen atoms in total. The Bertz CT molecular complexity index is 925. The van der Waals surface area contributed by atoms with E-state index in [9.17, 15) is 8.42 Å². The summed E-state index contributed by atoms with van der Waals surface area (Å²) >= 11 is 6.30. The summed E-state index contributed by atoms with van der Waals surface area (Å²) < 4.78 is 40.1. The Kier molecular flexibility index (Phi) is 10.7. The lowest BCUT2D eigenvalue weighted by Crippen LogP contribution is -2.32. The van der Waals surface area contributed by atoms with E-state index in [-0.39, 0.29) is 34.1 Å². The summed E-state index contributed by atoms with van der Waals surface area (Å²) in [6.07, 6.45) is 0.515. The van der Waals surface area contributed by atoms with Crippen LogP contribution in [-0.4, -0.2) is 41.3 Å². The fourth-order valence-corrected chi connectivity index (χ4v) is 4.24. The highest BCUT2D eigenvalue weighted by Crippen LogP contribution is 2.33. The van der Waals surface area contributed by atoms with Gasteiger partial charge in [-0.3, -0.25) is 0 Å². The Morgan fingerprint density at radius 1 is 1.10 bits per heavy atom. The maximum absolute atomic E-state index is 11.9. The minimum absolute atomic E-state index is 0. The van der Waals surface area contributed by atoms with E-state index in [0.717, 1.165) is 0 Å². The zero-order chi connectivity index (χ0) is 21.4. The quantitative estimate of drug-likeness (QED) is 0.479. The van der Waals surface area contributed by atoms with E-state index in [1.807, 2.05) is 38.1 Å². The molecule has 0 aromatic heterocycles. The van der Waals surface area contributed by atoms with E-state index in [0.29, 0.717) is 43.2 Å². The average molecular weight is 479 g/mol. The zero-order valence-electron chi connectivity index (χ0n) is 17.2. The summed E-state index contributed by atoms with van der Waals surface area (Å²) in [5.74, 6) is 1.53. The summed E-state index contributed by atoms with van der Waals surface area (Å²) in [7, 11) is -2.64. The minimum atomic E-state index is -4.00. The first-order chi connectivity index (χ1) is 13.8. The number of benzene rings is 2. The van der Waals surface area contributed by atoms with Crippen molar-refractivity contribution in [2.75, 3.05) is 26.9 Å². The standard InChI is InChI=1S/C20H27ClN2O5S.ClH/c1-4-27-16-7-5-6-8-17(16)28-12-11-23-14(2)13-15-9-10-18(26-3)20(19(15)21)29(22,24)25;/h5-10,14,23H,4,11-13H2,1-3H3,(H2,22,24,25);1H/t14-;/m1./s1. The molecule has 0 saturated heterocycles. The van der Waals surface area contributed by atoms with Gasteiger partial charge in [0.25, 0.3) is 0 Å². The van der Waals surface area contributed by atoms with Crippen LogP contribution in [0, 0.1) is 0 Å². The first kappa shape index (κ1) is 26.3. The number of hydrogen-bond donors (Lipinski definition) is 2. The number of nitrogens with two attached hydrogens (primary N) is 1. The van der Waals surface area contributed by atoms with Crippen LogP contribution >= 0.6 is 24.0 Å². The summed E-state index contributed by atoms with van der Waals surface area (Å²) in [5.41, 5.74) is 0.666. The molecule has 30 heavy (non-hydrogen) atoms. The molecular formula is C20H28Cl2N2O5S. The maximum atomic E-state index is 11.9. The summed E-state index contributed by atoms with van der Waals surface area (Å²) in [5, 5.41) is 8.70. The van der Waals surface area contributed by atoms with Crippen LogP contribution in [-0.2, 0) is 16.4 Å². The number of primary sulfonamides is 1. The molecule has 0 spiro atoms. The highest BCUT2D eigenvalue weighted by atomic mass is 35.5. The molecule has 0 aliphatic rings. The van der Waals surface area contributed by atoms with Crippen molar-refractivity contribution >= 4 is 34.0 Å². The second-order valence-electron chi connectivity index (χ2n) is 6.40. The van der Waals surface area contributed by atoms with Gasteiger partial charge in [-0.15, -0.1) is 12.4 Å². The predicted molar refractivity (Wildman–Crippen MR) is 121 cm³/mol. The largest absolute Gasteiger partial charge is 0.495 e. The Hall–Kier alpha value is -1.71. The molecule has 1 atom stereocenters. The lowest BCUT2D eigenvalue weighted by atomic mass is 10.1. The van der Waals surface area contributed by atoms with E-state index in [4.69, 9.17) is 31.0 Å². The van der Waals surface area contributed by atoms with Gasteiger partial charge >= 0.3 is 0 Å². The zero-order valence-corrected chi connectivity index (χ0v) is 19.6. The van der Waals surface area contributed by atoms with Gasteiger partial charge in [-0.1, -0.05) is 29.8 Å². The lowest BCUT2D eigenvalue weighted by molar-refractivity contribution is 0.272. The average Bonchev–Trinajstić information content (AvgIpc) is 2.67. The molecule has 2 rings (SSSR count). The van der Waals surface area contributed by atoms with Crippen LogP contribution < -0.4 is 24.7 Å². The SMILES string of the molecule is CCOc1ccccc1OCCN[C@H](C)Cc1ccc(OC)c(S(N)(=O)=O)c1Cl.Cl. The molecule has 0 bridgehead atoms. The van der Waals surface area contributed by atoms with E-state index < -0.39 is 10.0 Å². The van der Waals surface area contributed by atoms with Crippen molar-refractivity contribution in [3.63, 3.8) is 0 Å². The minimum Gasteiger partial charge on any atom is -0.495 e. The molecule has 3 N–H and O–H groups in total.